The van der Waals surface area contributed by atoms with Crippen LogP contribution in [0.5, 0.6) is 5.75 Å². The van der Waals surface area contributed by atoms with Crippen molar-refractivity contribution >= 4 is 34.0 Å². The summed E-state index contributed by atoms with van der Waals surface area (Å²) in [6, 6.07) is 5.29. The minimum atomic E-state index is -0.818. The number of carbonyl (C=O) groups excluding carboxylic acids is 2. The second kappa shape index (κ2) is 6.75. The van der Waals surface area contributed by atoms with E-state index >= 15 is 0 Å². The first kappa shape index (κ1) is 14.2. The van der Waals surface area contributed by atoms with Gasteiger partial charge in [-0.25, -0.2) is 5.43 Å². The highest BCUT2D eigenvalue weighted by Gasteiger charge is 2.08. The summed E-state index contributed by atoms with van der Waals surface area (Å²) in [6.07, 6.45) is 1.42. The summed E-state index contributed by atoms with van der Waals surface area (Å²) in [5, 5.41) is 5.85. The molecule has 2 amide bonds. The molecule has 0 unspecified atom stereocenters. The van der Waals surface area contributed by atoms with E-state index < -0.39 is 11.8 Å². The van der Waals surface area contributed by atoms with Gasteiger partial charge in [0.1, 0.15) is 5.75 Å². The van der Waals surface area contributed by atoms with Gasteiger partial charge in [-0.15, -0.1) is 0 Å². The van der Waals surface area contributed by atoms with E-state index in [1.165, 1.54) is 13.3 Å². The van der Waals surface area contributed by atoms with Crippen molar-refractivity contribution in [3.63, 3.8) is 0 Å². The smallest absolute Gasteiger partial charge is 0.329 e. The Kier molecular flexibility index (Phi) is 5.31. The minimum Gasteiger partial charge on any atom is -0.496 e. The van der Waals surface area contributed by atoms with Crippen molar-refractivity contribution < 1.29 is 14.3 Å². The maximum absolute atomic E-state index is 11.1. The van der Waals surface area contributed by atoms with Crippen molar-refractivity contribution in [1.29, 1.82) is 0 Å². The van der Waals surface area contributed by atoms with Gasteiger partial charge >= 0.3 is 11.8 Å². The molecular formula is C11H12BrN3O3. The lowest BCUT2D eigenvalue weighted by Gasteiger charge is -2.03. The molecule has 1 aromatic carbocycles. The third kappa shape index (κ3) is 3.85. The fourth-order valence-electron chi connectivity index (χ4n) is 1.09. The number of ether oxygens (including phenoxy) is 1. The largest absolute Gasteiger partial charge is 0.496 e. The number of methoxy groups -OCH3 is 1. The Bertz CT molecular complexity index is 488. The van der Waals surface area contributed by atoms with Crippen LogP contribution in [0.15, 0.2) is 27.8 Å². The number of rotatable bonds is 3. The molecule has 0 saturated carbocycles. The monoisotopic (exact) mass is 313 g/mol. The fraction of sp³-hybridized carbons (Fsp3) is 0.182. The molecular weight excluding hydrogens is 302 g/mol. The molecule has 0 radical (unpaired) electrons. The lowest BCUT2D eigenvalue weighted by molar-refractivity contribution is -0.138. The number of hydrazone groups is 1. The number of benzene rings is 1. The van der Waals surface area contributed by atoms with Gasteiger partial charge in [-0.05, 0) is 39.7 Å². The molecule has 0 spiro atoms. The summed E-state index contributed by atoms with van der Waals surface area (Å²) >= 11 is 3.32. The highest BCUT2D eigenvalue weighted by molar-refractivity contribution is 9.10. The first-order valence-electron chi connectivity index (χ1n) is 4.97. The molecule has 0 aliphatic heterocycles. The third-order valence-corrected chi connectivity index (χ3v) is 2.61. The zero-order chi connectivity index (χ0) is 13.5. The molecule has 0 atom stereocenters. The summed E-state index contributed by atoms with van der Waals surface area (Å²) in [7, 11) is 2.93. The number of nitrogens with one attached hydrogen (secondary N) is 2. The van der Waals surface area contributed by atoms with Crippen LogP contribution in [0.4, 0.5) is 0 Å². The predicted octanol–water partition coefficient (Wildman–Crippen LogP) is 0.654. The van der Waals surface area contributed by atoms with Crippen LogP contribution in [0.2, 0.25) is 0 Å². The average Bonchev–Trinajstić information content (AvgIpc) is 2.37. The Labute approximate surface area is 113 Å². The number of hydrogen-bond donors (Lipinski definition) is 2. The number of hydrogen-bond acceptors (Lipinski definition) is 4. The molecule has 0 aromatic heterocycles. The molecule has 0 aliphatic carbocycles. The van der Waals surface area contributed by atoms with Crippen molar-refractivity contribution in [2.75, 3.05) is 14.2 Å². The van der Waals surface area contributed by atoms with Gasteiger partial charge in [-0.2, -0.15) is 5.10 Å². The molecule has 6 nitrogen and oxygen atoms in total. The lowest BCUT2D eigenvalue weighted by atomic mass is 10.2. The van der Waals surface area contributed by atoms with E-state index in [1.54, 1.807) is 25.3 Å². The van der Waals surface area contributed by atoms with Crippen molar-refractivity contribution in [2.45, 2.75) is 0 Å². The molecule has 0 heterocycles. The van der Waals surface area contributed by atoms with Crippen LogP contribution in [0.25, 0.3) is 0 Å². The van der Waals surface area contributed by atoms with E-state index in [4.69, 9.17) is 4.74 Å². The van der Waals surface area contributed by atoms with E-state index in [0.29, 0.717) is 5.75 Å². The molecule has 1 rings (SSSR count). The number of halogens is 1. The second-order valence-electron chi connectivity index (χ2n) is 3.17. The first-order valence-corrected chi connectivity index (χ1v) is 5.76. The summed E-state index contributed by atoms with van der Waals surface area (Å²) in [5.41, 5.74) is 2.85. The standard InChI is InChI=1S/C11H12BrN3O3/c1-13-10(16)11(17)15-14-6-7-3-4-9(18-2)8(12)5-7/h3-6H,1-2H3,(H,13,16)(H,15,17)/b14-6-. The normalized spacial score (nSPS) is 10.2. The van der Waals surface area contributed by atoms with E-state index in [9.17, 15) is 9.59 Å². The van der Waals surface area contributed by atoms with Gasteiger partial charge in [0.25, 0.3) is 0 Å². The predicted molar refractivity (Wildman–Crippen MR) is 70.5 cm³/mol. The Morgan fingerprint density at radius 2 is 2.11 bits per heavy atom. The van der Waals surface area contributed by atoms with Crippen LogP contribution >= 0.6 is 15.9 Å². The van der Waals surface area contributed by atoms with Gasteiger partial charge in [0.2, 0.25) is 0 Å². The zero-order valence-electron chi connectivity index (χ0n) is 9.86. The number of nitrogens with zero attached hydrogens (tertiary/aromatic N) is 1. The van der Waals surface area contributed by atoms with Crippen LogP contribution in [0, 0.1) is 0 Å². The van der Waals surface area contributed by atoms with E-state index in [2.05, 4.69) is 31.8 Å². The molecule has 96 valence electrons. The molecule has 2 N–H and O–H groups in total. The van der Waals surface area contributed by atoms with Crippen LogP contribution in [0.1, 0.15) is 5.56 Å². The summed E-state index contributed by atoms with van der Waals surface area (Å²) in [6.45, 7) is 0. The number of carbonyl (C=O) groups is 2. The lowest BCUT2D eigenvalue weighted by Crippen LogP contribution is -2.35. The zero-order valence-corrected chi connectivity index (χ0v) is 11.4. The second-order valence-corrected chi connectivity index (χ2v) is 4.03. The molecule has 0 saturated heterocycles. The molecule has 0 aliphatic rings. The number of likely N-dealkylation sites (N-methyl/N-ethyl adjacent to an activating group) is 1. The van der Waals surface area contributed by atoms with Crippen molar-refractivity contribution in [3.05, 3.63) is 28.2 Å². The highest BCUT2D eigenvalue weighted by atomic mass is 79.9. The van der Waals surface area contributed by atoms with Gasteiger partial charge < -0.3 is 10.1 Å². The van der Waals surface area contributed by atoms with Gasteiger partial charge in [0, 0.05) is 7.05 Å². The maximum atomic E-state index is 11.1. The molecule has 7 heteroatoms. The van der Waals surface area contributed by atoms with Gasteiger partial charge in [0.05, 0.1) is 17.8 Å². The van der Waals surface area contributed by atoms with Crippen molar-refractivity contribution in [2.24, 2.45) is 5.10 Å². The average molecular weight is 314 g/mol. The quantitative estimate of drug-likeness (QED) is 0.488. The van der Waals surface area contributed by atoms with Crippen LogP contribution < -0.4 is 15.5 Å². The van der Waals surface area contributed by atoms with Crippen LogP contribution in [-0.2, 0) is 9.59 Å². The van der Waals surface area contributed by atoms with Gasteiger partial charge in [-0.1, -0.05) is 0 Å². The van der Waals surface area contributed by atoms with Crippen molar-refractivity contribution in [3.8, 4) is 5.75 Å². The van der Waals surface area contributed by atoms with Gasteiger partial charge in [-0.3, -0.25) is 9.59 Å². The maximum Gasteiger partial charge on any atom is 0.329 e. The third-order valence-electron chi connectivity index (χ3n) is 1.99. The topological polar surface area (TPSA) is 79.8 Å². The Balaban J connectivity index is 2.65. The Morgan fingerprint density at radius 3 is 2.67 bits per heavy atom. The molecule has 0 bridgehead atoms. The summed E-state index contributed by atoms with van der Waals surface area (Å²) in [4.78, 5) is 21.9. The highest BCUT2D eigenvalue weighted by Crippen LogP contribution is 2.24. The SMILES string of the molecule is CNC(=O)C(=O)N/N=C\c1ccc(OC)c(Br)c1. The van der Waals surface area contributed by atoms with E-state index in [0.717, 1.165) is 10.0 Å². The summed E-state index contributed by atoms with van der Waals surface area (Å²) < 4.78 is 5.84. The number of amides is 2. The minimum absolute atomic E-state index is 0.696. The van der Waals surface area contributed by atoms with E-state index in [-0.39, 0.29) is 0 Å². The van der Waals surface area contributed by atoms with Crippen LogP contribution in [0.3, 0.4) is 0 Å². The van der Waals surface area contributed by atoms with Crippen LogP contribution in [-0.4, -0.2) is 32.2 Å². The molecule has 18 heavy (non-hydrogen) atoms. The van der Waals surface area contributed by atoms with Crippen molar-refractivity contribution in [1.82, 2.24) is 10.7 Å². The Hall–Kier alpha value is -1.89. The summed E-state index contributed by atoms with van der Waals surface area (Å²) in [5.74, 6) is -0.870. The first-order chi connectivity index (χ1) is 8.58. The fourth-order valence-corrected chi connectivity index (χ4v) is 1.65. The Morgan fingerprint density at radius 1 is 1.39 bits per heavy atom. The molecule has 0 fully saturated rings. The van der Waals surface area contributed by atoms with E-state index in [1.807, 2.05) is 0 Å². The van der Waals surface area contributed by atoms with Gasteiger partial charge in [0.15, 0.2) is 0 Å². The molecule has 1 aromatic rings.